The molecule has 0 aromatic heterocycles. The predicted molar refractivity (Wildman–Crippen MR) is 101 cm³/mol. The van der Waals surface area contributed by atoms with Crippen LogP contribution in [0.3, 0.4) is 0 Å². The van der Waals surface area contributed by atoms with Crippen LogP contribution in [0.2, 0.25) is 5.02 Å². The SMILES string of the molecule is O=C(/C=C/c1ccccc1Cl)NCCN1Cc2cc(F)ccc2OCC1=O. The smallest absolute Gasteiger partial charge is 0.260 e. The molecule has 140 valence electrons. The van der Waals surface area contributed by atoms with Gasteiger partial charge in [-0.25, -0.2) is 4.39 Å². The number of benzene rings is 2. The zero-order chi connectivity index (χ0) is 19.2. The summed E-state index contributed by atoms with van der Waals surface area (Å²) in [6, 6.07) is 11.4. The largest absolute Gasteiger partial charge is 0.483 e. The highest BCUT2D eigenvalue weighted by Crippen LogP contribution is 2.24. The maximum absolute atomic E-state index is 13.4. The van der Waals surface area contributed by atoms with E-state index in [1.165, 1.54) is 29.2 Å². The lowest BCUT2D eigenvalue weighted by atomic mass is 10.2. The maximum atomic E-state index is 13.4. The summed E-state index contributed by atoms with van der Waals surface area (Å²) in [6.45, 7) is 0.683. The number of nitrogens with zero attached hydrogens (tertiary/aromatic N) is 1. The van der Waals surface area contributed by atoms with Crippen LogP contribution in [0.4, 0.5) is 4.39 Å². The van der Waals surface area contributed by atoms with Gasteiger partial charge in [-0.15, -0.1) is 0 Å². The average molecular weight is 389 g/mol. The van der Waals surface area contributed by atoms with Crippen molar-refractivity contribution >= 4 is 29.5 Å². The van der Waals surface area contributed by atoms with Crippen molar-refractivity contribution in [1.82, 2.24) is 10.2 Å². The summed E-state index contributed by atoms with van der Waals surface area (Å²) in [4.78, 5) is 25.6. The predicted octanol–water partition coefficient (Wildman–Crippen LogP) is 3.03. The Labute approximate surface area is 161 Å². The Morgan fingerprint density at radius 3 is 2.93 bits per heavy atom. The molecule has 0 saturated heterocycles. The van der Waals surface area contributed by atoms with Gasteiger partial charge < -0.3 is 15.0 Å². The molecule has 3 rings (SSSR count). The fraction of sp³-hybridized carbons (Fsp3) is 0.200. The summed E-state index contributed by atoms with van der Waals surface area (Å²) in [5.41, 5.74) is 1.35. The molecule has 0 unspecified atom stereocenters. The molecule has 0 spiro atoms. The molecule has 2 amide bonds. The monoisotopic (exact) mass is 388 g/mol. The van der Waals surface area contributed by atoms with E-state index in [1.807, 2.05) is 12.1 Å². The lowest BCUT2D eigenvalue weighted by Crippen LogP contribution is -2.38. The standard InChI is InChI=1S/C20H18ClFN2O3/c21-17-4-2-1-3-14(17)5-8-19(25)23-9-10-24-12-15-11-16(22)6-7-18(15)27-13-20(24)26/h1-8,11H,9-10,12-13H2,(H,23,25)/b8-5+. The molecule has 0 aliphatic carbocycles. The van der Waals surface area contributed by atoms with Crippen LogP contribution >= 0.6 is 11.6 Å². The van der Waals surface area contributed by atoms with Gasteiger partial charge in [-0.1, -0.05) is 29.8 Å². The second-order valence-corrected chi connectivity index (χ2v) is 6.41. The van der Waals surface area contributed by atoms with E-state index in [9.17, 15) is 14.0 Å². The number of ether oxygens (including phenoxy) is 1. The van der Waals surface area contributed by atoms with E-state index in [2.05, 4.69) is 5.32 Å². The highest BCUT2D eigenvalue weighted by Gasteiger charge is 2.21. The van der Waals surface area contributed by atoms with Gasteiger partial charge in [0, 0.05) is 36.3 Å². The van der Waals surface area contributed by atoms with E-state index in [1.54, 1.807) is 18.2 Å². The summed E-state index contributed by atoms with van der Waals surface area (Å²) in [6.07, 6.45) is 3.01. The summed E-state index contributed by atoms with van der Waals surface area (Å²) in [5, 5.41) is 3.28. The Bertz CT molecular complexity index is 885. The fourth-order valence-corrected chi connectivity index (χ4v) is 2.89. The summed E-state index contributed by atoms with van der Waals surface area (Å²) in [7, 11) is 0. The highest BCUT2D eigenvalue weighted by molar-refractivity contribution is 6.32. The molecule has 0 fully saturated rings. The third-order valence-corrected chi connectivity index (χ3v) is 4.43. The van der Waals surface area contributed by atoms with Crippen molar-refractivity contribution in [3.8, 4) is 5.75 Å². The van der Waals surface area contributed by atoms with Crippen molar-refractivity contribution in [3.63, 3.8) is 0 Å². The van der Waals surface area contributed by atoms with Gasteiger partial charge >= 0.3 is 0 Å². The lowest BCUT2D eigenvalue weighted by molar-refractivity contribution is -0.133. The normalized spacial score (nSPS) is 13.9. The van der Waals surface area contributed by atoms with E-state index in [-0.39, 0.29) is 37.3 Å². The van der Waals surface area contributed by atoms with Crippen LogP contribution in [0.1, 0.15) is 11.1 Å². The molecule has 0 atom stereocenters. The zero-order valence-electron chi connectivity index (χ0n) is 14.5. The van der Waals surface area contributed by atoms with Gasteiger partial charge in [-0.2, -0.15) is 0 Å². The van der Waals surface area contributed by atoms with Crippen molar-refractivity contribution < 1.29 is 18.7 Å². The second-order valence-electron chi connectivity index (χ2n) is 6.00. The average Bonchev–Trinajstić information content (AvgIpc) is 2.80. The number of fused-ring (bicyclic) bond motifs is 1. The van der Waals surface area contributed by atoms with Gasteiger partial charge in [-0.05, 0) is 35.9 Å². The Morgan fingerprint density at radius 1 is 1.30 bits per heavy atom. The van der Waals surface area contributed by atoms with Crippen LogP contribution in [0.25, 0.3) is 6.08 Å². The molecule has 1 heterocycles. The van der Waals surface area contributed by atoms with Crippen molar-refractivity contribution in [3.05, 3.63) is 70.5 Å². The van der Waals surface area contributed by atoms with E-state index in [4.69, 9.17) is 16.3 Å². The van der Waals surface area contributed by atoms with E-state index < -0.39 is 0 Å². The summed E-state index contributed by atoms with van der Waals surface area (Å²) in [5.74, 6) is -0.393. The van der Waals surface area contributed by atoms with Crippen molar-refractivity contribution in [2.24, 2.45) is 0 Å². The topological polar surface area (TPSA) is 58.6 Å². The minimum atomic E-state index is -0.385. The van der Waals surface area contributed by atoms with Crippen LogP contribution in [0.15, 0.2) is 48.5 Å². The molecule has 2 aromatic rings. The van der Waals surface area contributed by atoms with Crippen LogP contribution in [0.5, 0.6) is 5.75 Å². The number of carbonyl (C=O) groups excluding carboxylic acids is 2. The molecule has 0 saturated carbocycles. The van der Waals surface area contributed by atoms with Gasteiger partial charge in [0.25, 0.3) is 5.91 Å². The number of nitrogens with one attached hydrogen (secondary N) is 1. The molecule has 5 nitrogen and oxygen atoms in total. The number of hydrogen-bond acceptors (Lipinski definition) is 3. The molecule has 1 aliphatic heterocycles. The van der Waals surface area contributed by atoms with E-state index in [0.29, 0.717) is 22.9 Å². The Morgan fingerprint density at radius 2 is 2.11 bits per heavy atom. The van der Waals surface area contributed by atoms with Gasteiger partial charge in [0.05, 0.1) is 0 Å². The minimum Gasteiger partial charge on any atom is -0.483 e. The van der Waals surface area contributed by atoms with E-state index in [0.717, 1.165) is 5.56 Å². The fourth-order valence-electron chi connectivity index (χ4n) is 2.69. The minimum absolute atomic E-state index is 0.112. The zero-order valence-corrected chi connectivity index (χ0v) is 15.2. The first kappa shape index (κ1) is 18.9. The van der Waals surface area contributed by atoms with Gasteiger partial charge in [0.1, 0.15) is 11.6 Å². The van der Waals surface area contributed by atoms with Gasteiger partial charge in [0.15, 0.2) is 6.61 Å². The maximum Gasteiger partial charge on any atom is 0.260 e. The van der Waals surface area contributed by atoms with Crippen molar-refractivity contribution in [2.75, 3.05) is 19.7 Å². The van der Waals surface area contributed by atoms with Gasteiger partial charge in [0.2, 0.25) is 5.91 Å². The Hall–Kier alpha value is -2.86. The number of amides is 2. The first-order chi connectivity index (χ1) is 13.0. The quantitative estimate of drug-likeness (QED) is 0.801. The molecule has 7 heteroatoms. The molecule has 1 aliphatic rings. The molecule has 2 aromatic carbocycles. The first-order valence-corrected chi connectivity index (χ1v) is 8.80. The first-order valence-electron chi connectivity index (χ1n) is 8.42. The molecule has 1 N–H and O–H groups in total. The Kier molecular flexibility index (Phi) is 6.08. The van der Waals surface area contributed by atoms with Crippen molar-refractivity contribution in [1.29, 1.82) is 0 Å². The summed E-state index contributed by atoms with van der Waals surface area (Å²) >= 11 is 6.03. The Balaban J connectivity index is 1.54. The van der Waals surface area contributed by atoms with Gasteiger partial charge in [-0.3, -0.25) is 9.59 Å². The van der Waals surface area contributed by atoms with E-state index >= 15 is 0 Å². The number of hydrogen-bond donors (Lipinski definition) is 1. The van der Waals surface area contributed by atoms with Crippen LogP contribution in [0, 0.1) is 5.82 Å². The van der Waals surface area contributed by atoms with Crippen molar-refractivity contribution in [2.45, 2.75) is 6.54 Å². The second kappa shape index (κ2) is 8.68. The third kappa shape index (κ3) is 5.08. The number of rotatable bonds is 5. The van der Waals surface area contributed by atoms with Crippen LogP contribution in [-0.4, -0.2) is 36.4 Å². The number of halogens is 2. The molecule has 0 radical (unpaired) electrons. The molecular formula is C20H18ClFN2O3. The molecule has 27 heavy (non-hydrogen) atoms. The summed E-state index contributed by atoms with van der Waals surface area (Å²) < 4.78 is 18.8. The highest BCUT2D eigenvalue weighted by atomic mass is 35.5. The molecular weight excluding hydrogens is 371 g/mol. The van der Waals surface area contributed by atoms with Crippen LogP contribution < -0.4 is 10.1 Å². The molecule has 0 bridgehead atoms. The third-order valence-electron chi connectivity index (χ3n) is 4.09. The lowest BCUT2D eigenvalue weighted by Gasteiger charge is -2.20. The number of carbonyl (C=O) groups is 2. The van der Waals surface area contributed by atoms with Crippen LogP contribution in [-0.2, 0) is 16.1 Å².